The smallest absolute Gasteiger partial charge is 0.261 e. The minimum atomic E-state index is -3.69. The molecule has 2 aromatic heterocycles. The van der Waals surface area contributed by atoms with Crippen LogP contribution in [0.1, 0.15) is 26.5 Å². The van der Waals surface area contributed by atoms with E-state index in [2.05, 4.69) is 25.2 Å². The normalized spacial score (nSPS) is 13.4. The molecular formula is C32H29N7O5S. The van der Waals surface area contributed by atoms with E-state index in [1.165, 1.54) is 18.3 Å². The number of rotatable bonds is 8. The standard InChI is InChI=1S/C32H29N7O5S/c1-22-28(21-34-44-22)31(41)39-19-17-38(18-20-39)30(40)24-9-11-25(12-10-24)35-32-33-16-15-29(36-32)23-7-13-26(14-8-23)37-45(42,43)27-5-3-2-4-6-27/h2-16,21,37H,17-20H2,1H3,(H,33,35,36). The maximum absolute atomic E-state index is 13.1. The molecule has 0 aliphatic carbocycles. The van der Waals surface area contributed by atoms with E-state index in [1.807, 2.05) is 0 Å². The van der Waals surface area contributed by atoms with Gasteiger partial charge in [-0.05, 0) is 61.5 Å². The van der Waals surface area contributed by atoms with Crippen LogP contribution in [-0.4, -0.2) is 71.3 Å². The summed E-state index contributed by atoms with van der Waals surface area (Å²) in [5, 5.41) is 6.83. The van der Waals surface area contributed by atoms with E-state index >= 15 is 0 Å². The van der Waals surface area contributed by atoms with Crippen molar-refractivity contribution in [3.8, 4) is 11.3 Å². The van der Waals surface area contributed by atoms with E-state index in [-0.39, 0.29) is 16.7 Å². The van der Waals surface area contributed by atoms with E-state index in [4.69, 9.17) is 4.52 Å². The average molecular weight is 624 g/mol. The largest absolute Gasteiger partial charge is 0.361 e. The fourth-order valence-electron chi connectivity index (χ4n) is 4.90. The number of aryl methyl sites for hydroxylation is 1. The van der Waals surface area contributed by atoms with Gasteiger partial charge in [0.05, 0.1) is 16.8 Å². The van der Waals surface area contributed by atoms with Crippen molar-refractivity contribution in [2.24, 2.45) is 0 Å². The lowest BCUT2D eigenvalue weighted by atomic mass is 10.1. The van der Waals surface area contributed by atoms with Crippen LogP contribution in [0.2, 0.25) is 0 Å². The second-order valence-corrected chi connectivity index (χ2v) is 12.0. The first-order chi connectivity index (χ1) is 21.8. The van der Waals surface area contributed by atoms with E-state index in [9.17, 15) is 18.0 Å². The number of nitrogens with zero attached hydrogens (tertiary/aromatic N) is 5. The molecule has 2 amide bonds. The molecule has 45 heavy (non-hydrogen) atoms. The number of carbonyl (C=O) groups excluding carboxylic acids is 2. The van der Waals surface area contributed by atoms with Gasteiger partial charge >= 0.3 is 0 Å². The van der Waals surface area contributed by atoms with Crippen molar-refractivity contribution in [1.29, 1.82) is 0 Å². The zero-order valence-electron chi connectivity index (χ0n) is 24.3. The first-order valence-corrected chi connectivity index (χ1v) is 15.6. The average Bonchev–Trinajstić information content (AvgIpc) is 3.51. The van der Waals surface area contributed by atoms with Crippen LogP contribution in [0.15, 0.2) is 107 Å². The molecule has 13 heteroatoms. The Morgan fingerprint density at radius 2 is 1.44 bits per heavy atom. The van der Waals surface area contributed by atoms with Gasteiger partial charge in [-0.15, -0.1) is 0 Å². The molecule has 6 rings (SSSR count). The third kappa shape index (κ3) is 6.68. The lowest BCUT2D eigenvalue weighted by Crippen LogP contribution is -2.50. The molecule has 0 unspecified atom stereocenters. The van der Waals surface area contributed by atoms with Crippen molar-refractivity contribution < 1.29 is 22.5 Å². The maximum Gasteiger partial charge on any atom is 0.261 e. The predicted octanol–water partition coefficient (Wildman–Crippen LogP) is 4.58. The van der Waals surface area contributed by atoms with Crippen LogP contribution in [0.3, 0.4) is 0 Å². The Balaban J connectivity index is 1.05. The summed E-state index contributed by atoms with van der Waals surface area (Å²) in [6, 6.07) is 23.9. The van der Waals surface area contributed by atoms with Gasteiger partial charge in [-0.25, -0.2) is 18.4 Å². The number of hydrogen-bond acceptors (Lipinski definition) is 9. The van der Waals surface area contributed by atoms with Crippen LogP contribution in [0.5, 0.6) is 0 Å². The molecule has 1 fully saturated rings. The van der Waals surface area contributed by atoms with Crippen LogP contribution in [0.25, 0.3) is 11.3 Å². The highest BCUT2D eigenvalue weighted by Gasteiger charge is 2.27. The van der Waals surface area contributed by atoms with Crippen LogP contribution < -0.4 is 10.0 Å². The quantitative estimate of drug-likeness (QED) is 0.253. The summed E-state index contributed by atoms with van der Waals surface area (Å²) >= 11 is 0. The zero-order chi connectivity index (χ0) is 31.4. The monoisotopic (exact) mass is 623 g/mol. The fraction of sp³-hybridized carbons (Fsp3) is 0.156. The van der Waals surface area contributed by atoms with Crippen molar-refractivity contribution in [2.45, 2.75) is 11.8 Å². The SMILES string of the molecule is Cc1oncc1C(=O)N1CCN(C(=O)c2ccc(Nc3nccc(-c4ccc(NS(=O)(=O)c5ccccc5)cc4)n3)cc2)CC1. The van der Waals surface area contributed by atoms with Gasteiger partial charge in [0.25, 0.3) is 21.8 Å². The van der Waals surface area contributed by atoms with E-state index in [0.29, 0.717) is 66.1 Å². The van der Waals surface area contributed by atoms with Gasteiger partial charge in [0.1, 0.15) is 11.3 Å². The van der Waals surface area contributed by atoms with E-state index in [1.54, 1.807) is 95.7 Å². The minimum absolute atomic E-state index is 0.109. The van der Waals surface area contributed by atoms with E-state index in [0.717, 1.165) is 5.56 Å². The molecule has 0 saturated carbocycles. The molecule has 3 heterocycles. The second-order valence-electron chi connectivity index (χ2n) is 10.3. The Bertz CT molecular complexity index is 1920. The molecule has 0 atom stereocenters. The number of benzene rings is 3. The Labute approximate surface area is 259 Å². The second kappa shape index (κ2) is 12.6. The van der Waals surface area contributed by atoms with Gasteiger partial charge in [0, 0.05) is 54.9 Å². The van der Waals surface area contributed by atoms with Crippen molar-refractivity contribution >= 4 is 39.2 Å². The van der Waals surface area contributed by atoms with Gasteiger partial charge in [-0.2, -0.15) is 0 Å². The number of hydrogen-bond donors (Lipinski definition) is 2. The highest BCUT2D eigenvalue weighted by Crippen LogP contribution is 2.24. The molecule has 0 radical (unpaired) electrons. The van der Waals surface area contributed by atoms with Gasteiger partial charge < -0.3 is 19.6 Å². The topological polar surface area (TPSA) is 151 Å². The number of sulfonamides is 1. The van der Waals surface area contributed by atoms with Gasteiger partial charge in [0.15, 0.2) is 0 Å². The molecule has 1 saturated heterocycles. The summed E-state index contributed by atoms with van der Waals surface area (Å²) in [4.78, 5) is 38.3. The number of carbonyl (C=O) groups is 2. The van der Waals surface area contributed by atoms with Crippen molar-refractivity contribution in [2.75, 3.05) is 36.2 Å². The first kappa shape index (κ1) is 29.5. The summed E-state index contributed by atoms with van der Waals surface area (Å²) < 4.78 is 32.8. The Hall–Kier alpha value is -5.56. The van der Waals surface area contributed by atoms with Gasteiger partial charge in [-0.1, -0.05) is 35.5 Å². The summed E-state index contributed by atoms with van der Waals surface area (Å²) in [5.74, 6) is 0.586. The van der Waals surface area contributed by atoms with E-state index < -0.39 is 10.0 Å². The fourth-order valence-corrected chi connectivity index (χ4v) is 5.98. The molecule has 0 spiro atoms. The molecule has 5 aromatic rings. The molecule has 228 valence electrons. The minimum Gasteiger partial charge on any atom is -0.361 e. The molecular weight excluding hydrogens is 594 g/mol. The zero-order valence-corrected chi connectivity index (χ0v) is 25.1. The maximum atomic E-state index is 13.1. The molecule has 2 N–H and O–H groups in total. The van der Waals surface area contributed by atoms with Crippen molar-refractivity contribution in [3.63, 3.8) is 0 Å². The van der Waals surface area contributed by atoms with Crippen LogP contribution in [0, 0.1) is 6.92 Å². The van der Waals surface area contributed by atoms with Gasteiger partial charge in [0.2, 0.25) is 5.95 Å². The Morgan fingerprint density at radius 3 is 2.09 bits per heavy atom. The van der Waals surface area contributed by atoms with Crippen LogP contribution >= 0.6 is 0 Å². The predicted molar refractivity (Wildman–Crippen MR) is 167 cm³/mol. The number of piperazine rings is 1. The number of nitrogens with one attached hydrogen (secondary N) is 2. The first-order valence-electron chi connectivity index (χ1n) is 14.1. The van der Waals surface area contributed by atoms with Gasteiger partial charge in [-0.3, -0.25) is 14.3 Å². The Kier molecular flexibility index (Phi) is 8.25. The molecule has 1 aliphatic heterocycles. The molecule has 0 bridgehead atoms. The summed E-state index contributed by atoms with van der Waals surface area (Å²) in [7, 11) is -3.69. The van der Waals surface area contributed by atoms with Crippen LogP contribution in [0.4, 0.5) is 17.3 Å². The van der Waals surface area contributed by atoms with Crippen molar-refractivity contribution in [3.05, 3.63) is 114 Å². The summed E-state index contributed by atoms with van der Waals surface area (Å²) in [5.41, 5.74) is 3.54. The third-order valence-electron chi connectivity index (χ3n) is 7.37. The number of amides is 2. The summed E-state index contributed by atoms with van der Waals surface area (Å²) in [6.07, 6.45) is 3.05. The molecule has 1 aliphatic rings. The van der Waals surface area contributed by atoms with Crippen molar-refractivity contribution in [1.82, 2.24) is 24.9 Å². The number of anilines is 3. The third-order valence-corrected chi connectivity index (χ3v) is 8.76. The molecule has 3 aromatic carbocycles. The highest BCUT2D eigenvalue weighted by atomic mass is 32.2. The molecule has 12 nitrogen and oxygen atoms in total. The highest BCUT2D eigenvalue weighted by molar-refractivity contribution is 7.92. The lowest BCUT2D eigenvalue weighted by Gasteiger charge is -2.34. The number of aromatic nitrogens is 3. The lowest BCUT2D eigenvalue weighted by molar-refractivity contribution is 0.0534. The summed E-state index contributed by atoms with van der Waals surface area (Å²) in [6.45, 7) is 3.40. The van der Waals surface area contributed by atoms with Crippen LogP contribution in [-0.2, 0) is 10.0 Å². The Morgan fingerprint density at radius 1 is 0.800 bits per heavy atom.